The second-order valence-corrected chi connectivity index (χ2v) is 6.78. The van der Waals surface area contributed by atoms with Crippen LogP contribution in [0.4, 0.5) is 15.8 Å². The summed E-state index contributed by atoms with van der Waals surface area (Å²) in [6, 6.07) is 10.4. The topological polar surface area (TPSA) is 46.2 Å². The highest BCUT2D eigenvalue weighted by molar-refractivity contribution is 5.50. The first-order chi connectivity index (χ1) is 11.5. The van der Waals surface area contributed by atoms with Crippen LogP contribution in [0.1, 0.15) is 31.7 Å². The van der Waals surface area contributed by atoms with E-state index in [1.54, 1.807) is 12.1 Å². The van der Waals surface area contributed by atoms with Crippen LogP contribution in [-0.2, 0) is 16.6 Å². The summed E-state index contributed by atoms with van der Waals surface area (Å²) in [5.74, 6) is -0.240. The molecule has 1 aromatic carbocycles. The Labute approximate surface area is 142 Å². The molecule has 2 aromatic rings. The molecule has 1 aromatic heterocycles. The molecule has 2 heterocycles. The Morgan fingerprint density at radius 2 is 2.00 bits per heavy atom. The van der Waals surface area contributed by atoms with Gasteiger partial charge >= 0.3 is 0 Å². The quantitative estimate of drug-likeness (QED) is 0.622. The van der Waals surface area contributed by atoms with Gasteiger partial charge in [-0.05, 0) is 49.2 Å². The zero-order valence-electron chi connectivity index (χ0n) is 14.2. The second kappa shape index (κ2) is 7.18. The predicted octanol–water partition coefficient (Wildman–Crippen LogP) is 3.94. The molecule has 0 amide bonds. The maximum atomic E-state index is 12.9. The Morgan fingerprint density at radius 3 is 2.79 bits per heavy atom. The number of halogens is 1. The first-order valence-electron chi connectivity index (χ1n) is 8.36. The van der Waals surface area contributed by atoms with Gasteiger partial charge in [-0.1, -0.05) is 13.8 Å². The number of hydrogen-bond acceptors (Lipinski definition) is 4. The van der Waals surface area contributed by atoms with E-state index >= 15 is 0 Å². The fraction of sp³-hybridized carbons (Fsp3) is 0.421. The summed E-state index contributed by atoms with van der Waals surface area (Å²) in [5.41, 5.74) is 4.02. The summed E-state index contributed by atoms with van der Waals surface area (Å²) in [7, 11) is 0. The van der Waals surface area contributed by atoms with Gasteiger partial charge in [-0.3, -0.25) is 4.98 Å². The van der Waals surface area contributed by atoms with Gasteiger partial charge in [0.05, 0.1) is 18.0 Å². The van der Waals surface area contributed by atoms with Crippen LogP contribution < -0.4 is 10.6 Å². The monoisotopic (exact) mass is 329 g/mol. The first kappa shape index (κ1) is 16.7. The molecule has 2 N–H and O–H groups in total. The molecule has 0 atom stereocenters. The Balaban J connectivity index is 1.54. The molecule has 0 spiro atoms. The first-order valence-corrected chi connectivity index (χ1v) is 8.36. The number of rotatable bonds is 6. The van der Waals surface area contributed by atoms with Gasteiger partial charge in [0.25, 0.3) is 0 Å². The lowest BCUT2D eigenvalue weighted by Gasteiger charge is -2.26. The normalized spacial score (nSPS) is 14.0. The molecule has 1 aliphatic rings. The number of anilines is 2. The van der Waals surface area contributed by atoms with Gasteiger partial charge in [-0.25, -0.2) is 4.39 Å². The van der Waals surface area contributed by atoms with Crippen molar-refractivity contribution in [1.29, 1.82) is 0 Å². The highest BCUT2D eigenvalue weighted by Crippen LogP contribution is 2.27. The molecule has 0 unspecified atom stereocenters. The van der Waals surface area contributed by atoms with Crippen molar-refractivity contribution in [2.24, 2.45) is 0 Å². The van der Waals surface area contributed by atoms with E-state index in [2.05, 4.69) is 36.6 Å². The van der Waals surface area contributed by atoms with Gasteiger partial charge in [0.2, 0.25) is 0 Å². The largest absolute Gasteiger partial charge is 0.384 e. The SMILES string of the molecule is CC(C)(COCNc1ccc(F)cc1)c1ccc2c(n1)CCCN2. The van der Waals surface area contributed by atoms with E-state index in [4.69, 9.17) is 9.72 Å². The number of hydrogen-bond donors (Lipinski definition) is 2. The number of fused-ring (bicyclic) bond motifs is 1. The highest BCUT2D eigenvalue weighted by Gasteiger charge is 2.24. The number of pyridine rings is 1. The predicted molar refractivity (Wildman–Crippen MR) is 94.9 cm³/mol. The lowest BCUT2D eigenvalue weighted by atomic mass is 9.89. The number of benzene rings is 1. The second-order valence-electron chi connectivity index (χ2n) is 6.78. The minimum atomic E-state index is -0.240. The average Bonchev–Trinajstić information content (AvgIpc) is 2.60. The van der Waals surface area contributed by atoms with Crippen molar-refractivity contribution in [3.05, 3.63) is 53.6 Å². The molecule has 0 bridgehead atoms. The van der Waals surface area contributed by atoms with Crippen LogP contribution in [0.25, 0.3) is 0 Å². The minimum Gasteiger partial charge on any atom is -0.384 e. The van der Waals surface area contributed by atoms with E-state index in [1.807, 2.05) is 0 Å². The molecule has 24 heavy (non-hydrogen) atoms. The lowest BCUT2D eigenvalue weighted by molar-refractivity contribution is 0.108. The summed E-state index contributed by atoms with van der Waals surface area (Å²) in [4.78, 5) is 4.83. The van der Waals surface area contributed by atoms with Gasteiger partial charge < -0.3 is 15.4 Å². The molecule has 0 saturated heterocycles. The molecule has 3 rings (SSSR count). The van der Waals surface area contributed by atoms with Gasteiger partial charge in [-0.15, -0.1) is 0 Å². The molecule has 4 nitrogen and oxygen atoms in total. The Bertz CT molecular complexity index is 686. The molecule has 0 fully saturated rings. The van der Waals surface area contributed by atoms with Crippen LogP contribution in [-0.4, -0.2) is 24.9 Å². The summed E-state index contributed by atoms with van der Waals surface area (Å²) < 4.78 is 18.6. The Kier molecular flexibility index (Phi) is 5.00. The van der Waals surface area contributed by atoms with Crippen molar-refractivity contribution < 1.29 is 9.13 Å². The third-order valence-corrected chi connectivity index (χ3v) is 4.26. The van der Waals surface area contributed by atoms with Crippen molar-refractivity contribution in [2.45, 2.75) is 32.1 Å². The van der Waals surface area contributed by atoms with E-state index in [0.717, 1.165) is 42.1 Å². The molecule has 0 radical (unpaired) electrons. The fourth-order valence-corrected chi connectivity index (χ4v) is 2.79. The number of ether oxygens (including phenoxy) is 1. The van der Waals surface area contributed by atoms with Crippen molar-refractivity contribution in [1.82, 2.24) is 4.98 Å². The maximum Gasteiger partial charge on any atom is 0.123 e. The Hall–Kier alpha value is -2.14. The average molecular weight is 329 g/mol. The summed E-state index contributed by atoms with van der Waals surface area (Å²) in [6.45, 7) is 6.23. The number of nitrogens with one attached hydrogen (secondary N) is 2. The van der Waals surface area contributed by atoms with Crippen LogP contribution in [0.2, 0.25) is 0 Å². The third-order valence-electron chi connectivity index (χ3n) is 4.26. The molecule has 1 aliphatic heterocycles. The van der Waals surface area contributed by atoms with Crippen LogP contribution in [0.15, 0.2) is 36.4 Å². The van der Waals surface area contributed by atoms with Gasteiger partial charge in [0.15, 0.2) is 0 Å². The molecule has 0 aliphatic carbocycles. The minimum absolute atomic E-state index is 0.170. The van der Waals surface area contributed by atoms with Crippen LogP contribution >= 0.6 is 0 Å². The number of aryl methyl sites for hydroxylation is 1. The van der Waals surface area contributed by atoms with Gasteiger partial charge in [0.1, 0.15) is 12.5 Å². The van der Waals surface area contributed by atoms with Gasteiger partial charge in [-0.2, -0.15) is 0 Å². The fourth-order valence-electron chi connectivity index (χ4n) is 2.79. The standard InChI is InChI=1S/C19H24FN3O/c1-19(2,12-24-13-22-15-7-5-14(20)6-8-15)18-10-9-16-17(23-18)4-3-11-21-16/h5-10,21-22H,3-4,11-13H2,1-2H3. The van der Waals surface area contributed by atoms with E-state index in [9.17, 15) is 4.39 Å². The molecule has 0 saturated carbocycles. The summed E-state index contributed by atoms with van der Waals surface area (Å²) >= 11 is 0. The molecule has 128 valence electrons. The zero-order valence-corrected chi connectivity index (χ0v) is 14.2. The van der Waals surface area contributed by atoms with E-state index in [0.29, 0.717) is 13.3 Å². The zero-order chi connectivity index (χ0) is 17.0. The molecular weight excluding hydrogens is 305 g/mol. The van der Waals surface area contributed by atoms with Crippen LogP contribution in [0.5, 0.6) is 0 Å². The van der Waals surface area contributed by atoms with Crippen molar-refractivity contribution in [3.8, 4) is 0 Å². The van der Waals surface area contributed by atoms with Crippen LogP contribution in [0, 0.1) is 5.82 Å². The van der Waals surface area contributed by atoms with E-state index in [1.165, 1.54) is 12.1 Å². The number of aromatic nitrogens is 1. The Morgan fingerprint density at radius 1 is 1.21 bits per heavy atom. The smallest absolute Gasteiger partial charge is 0.123 e. The third kappa shape index (κ3) is 4.03. The van der Waals surface area contributed by atoms with E-state index < -0.39 is 0 Å². The molecular formula is C19H24FN3O. The summed E-state index contributed by atoms with van der Waals surface area (Å²) in [5, 5.41) is 6.51. The van der Waals surface area contributed by atoms with Crippen molar-refractivity contribution >= 4 is 11.4 Å². The van der Waals surface area contributed by atoms with Gasteiger partial charge in [0, 0.05) is 23.3 Å². The lowest BCUT2D eigenvalue weighted by Crippen LogP contribution is -2.28. The maximum absolute atomic E-state index is 12.9. The van der Waals surface area contributed by atoms with Crippen molar-refractivity contribution in [2.75, 3.05) is 30.5 Å². The summed E-state index contributed by atoms with van der Waals surface area (Å²) in [6.07, 6.45) is 2.15. The molecule has 5 heteroatoms. The van der Waals surface area contributed by atoms with Crippen molar-refractivity contribution in [3.63, 3.8) is 0 Å². The van der Waals surface area contributed by atoms with E-state index in [-0.39, 0.29) is 11.2 Å². The van der Waals surface area contributed by atoms with Crippen LogP contribution in [0.3, 0.4) is 0 Å². The highest BCUT2D eigenvalue weighted by atomic mass is 19.1. The number of nitrogens with zero attached hydrogens (tertiary/aromatic N) is 1.